The van der Waals surface area contributed by atoms with Crippen LogP contribution in [0.2, 0.25) is 0 Å². The maximum absolute atomic E-state index is 9.96. The predicted octanol–water partition coefficient (Wildman–Crippen LogP) is 3.36. The van der Waals surface area contributed by atoms with Crippen molar-refractivity contribution in [2.75, 3.05) is 0 Å². The number of ether oxygens (including phenoxy) is 1. The van der Waals surface area contributed by atoms with Crippen LogP contribution in [0.3, 0.4) is 0 Å². The summed E-state index contributed by atoms with van der Waals surface area (Å²) < 4.78 is 5.82. The molecule has 0 aromatic rings. The Hall–Kier alpha value is -0.870. The first kappa shape index (κ1) is 17.5. The minimum Gasteiger partial charge on any atom is -0.493 e. The molecule has 0 bridgehead atoms. The van der Waals surface area contributed by atoms with E-state index in [0.29, 0.717) is 0 Å². The molecule has 2 fully saturated rings. The Balaban J connectivity index is 1.72. The molecule has 126 valence electrons. The highest BCUT2D eigenvalue weighted by Gasteiger charge is 2.25. The zero-order valence-electron chi connectivity index (χ0n) is 13.8. The van der Waals surface area contributed by atoms with E-state index in [1.54, 1.807) is 0 Å². The van der Waals surface area contributed by atoms with Crippen molar-refractivity contribution in [3.8, 4) is 0 Å². The summed E-state index contributed by atoms with van der Waals surface area (Å²) in [5.41, 5.74) is 1.06. The summed E-state index contributed by atoms with van der Waals surface area (Å²) in [5, 5.41) is 19.9. The third-order valence-electron chi connectivity index (χ3n) is 4.83. The number of aliphatic hydroxyl groups excluding tert-OH is 2. The maximum Gasteiger partial charge on any atom is 0.124 e. The Morgan fingerprint density at radius 3 is 2.32 bits per heavy atom. The number of aliphatic hydroxyl groups is 2. The maximum atomic E-state index is 9.96. The highest BCUT2D eigenvalue weighted by Crippen LogP contribution is 2.24. The lowest BCUT2D eigenvalue weighted by atomic mass is 9.93. The summed E-state index contributed by atoms with van der Waals surface area (Å²) in [6.45, 7) is 6.00. The Labute approximate surface area is 134 Å². The largest absolute Gasteiger partial charge is 0.493 e. The van der Waals surface area contributed by atoms with Gasteiger partial charge in [0.1, 0.15) is 6.10 Å². The van der Waals surface area contributed by atoms with Gasteiger partial charge in [0.15, 0.2) is 0 Å². The molecule has 4 unspecified atom stereocenters. The molecule has 0 aliphatic heterocycles. The molecule has 0 radical (unpaired) electrons. The highest BCUT2D eigenvalue weighted by molar-refractivity contribution is 5.82. The second kappa shape index (κ2) is 8.68. The zero-order chi connectivity index (χ0) is 15.9. The molecule has 0 spiro atoms. The minimum absolute atomic E-state index is 0.0723. The van der Waals surface area contributed by atoms with Crippen molar-refractivity contribution >= 4 is 5.71 Å². The monoisotopic (exact) mass is 309 g/mol. The van der Waals surface area contributed by atoms with Gasteiger partial charge < -0.3 is 14.9 Å². The molecule has 2 aliphatic rings. The van der Waals surface area contributed by atoms with E-state index in [0.717, 1.165) is 75.7 Å². The first-order chi connectivity index (χ1) is 10.6. The van der Waals surface area contributed by atoms with Crippen molar-refractivity contribution in [1.82, 2.24) is 0 Å². The lowest BCUT2D eigenvalue weighted by Gasteiger charge is -2.29. The Morgan fingerprint density at radius 2 is 1.64 bits per heavy atom. The molecule has 4 nitrogen and oxygen atoms in total. The average Bonchev–Trinajstić information content (AvgIpc) is 2.50. The van der Waals surface area contributed by atoms with E-state index in [-0.39, 0.29) is 24.4 Å². The number of rotatable bonds is 6. The third-order valence-corrected chi connectivity index (χ3v) is 4.83. The van der Waals surface area contributed by atoms with Crippen molar-refractivity contribution in [3.63, 3.8) is 0 Å². The van der Waals surface area contributed by atoms with Crippen LogP contribution in [0.4, 0.5) is 0 Å². The van der Waals surface area contributed by atoms with Crippen LogP contribution in [-0.2, 0) is 4.74 Å². The summed E-state index contributed by atoms with van der Waals surface area (Å²) >= 11 is 0. The first-order valence-electron chi connectivity index (χ1n) is 8.80. The van der Waals surface area contributed by atoms with E-state index >= 15 is 0 Å². The van der Waals surface area contributed by atoms with Crippen molar-refractivity contribution in [2.24, 2.45) is 4.99 Å². The summed E-state index contributed by atoms with van der Waals surface area (Å²) in [6.07, 6.45) is 8.93. The van der Waals surface area contributed by atoms with Gasteiger partial charge in [0.05, 0.1) is 24.0 Å². The second-order valence-electron chi connectivity index (χ2n) is 6.83. The number of nitrogens with zero attached hydrogens (tertiary/aromatic N) is 1. The number of hydrogen-bond donors (Lipinski definition) is 2. The van der Waals surface area contributed by atoms with Gasteiger partial charge in [-0.2, -0.15) is 0 Å². The molecular formula is C18H31NO3. The summed E-state index contributed by atoms with van der Waals surface area (Å²) in [4.78, 5) is 4.67. The van der Waals surface area contributed by atoms with E-state index < -0.39 is 0 Å². The standard InChI is InChI=1S/C18H31NO3/c1-13(19-15-7-3-4-8-16(15)20)11-12-14(2)22-18-10-6-5-9-17(18)21/h15-18,20-21H,2-12H2,1H3/b19-13+. The van der Waals surface area contributed by atoms with Crippen molar-refractivity contribution in [2.45, 2.75) is 95.5 Å². The fraction of sp³-hybridized carbons (Fsp3) is 0.833. The Bertz CT molecular complexity index is 394. The molecule has 0 aromatic heterocycles. The first-order valence-corrected chi connectivity index (χ1v) is 8.80. The summed E-state index contributed by atoms with van der Waals surface area (Å²) in [7, 11) is 0. The van der Waals surface area contributed by atoms with E-state index in [1.807, 2.05) is 6.92 Å². The van der Waals surface area contributed by atoms with Gasteiger partial charge in [-0.15, -0.1) is 0 Å². The van der Waals surface area contributed by atoms with Gasteiger partial charge in [-0.1, -0.05) is 25.8 Å². The molecule has 0 aromatic carbocycles. The number of aliphatic imine (C=N–C) groups is 1. The van der Waals surface area contributed by atoms with Crippen LogP contribution in [0, 0.1) is 0 Å². The normalized spacial score (nSPS) is 33.5. The van der Waals surface area contributed by atoms with Crippen LogP contribution in [0.25, 0.3) is 0 Å². The quantitative estimate of drug-likeness (QED) is 0.584. The molecule has 4 heteroatoms. The van der Waals surface area contributed by atoms with Crippen molar-refractivity contribution in [3.05, 3.63) is 12.3 Å². The van der Waals surface area contributed by atoms with Crippen molar-refractivity contribution in [1.29, 1.82) is 0 Å². The molecule has 2 saturated carbocycles. The van der Waals surface area contributed by atoms with Crippen molar-refractivity contribution < 1.29 is 14.9 Å². The van der Waals surface area contributed by atoms with Crippen LogP contribution in [0.15, 0.2) is 17.3 Å². The molecule has 22 heavy (non-hydrogen) atoms. The van der Waals surface area contributed by atoms with Gasteiger partial charge in [-0.25, -0.2) is 0 Å². The van der Waals surface area contributed by atoms with E-state index in [1.165, 1.54) is 0 Å². The van der Waals surface area contributed by atoms with Crippen LogP contribution in [0.5, 0.6) is 0 Å². The smallest absolute Gasteiger partial charge is 0.124 e. The van der Waals surface area contributed by atoms with Crippen LogP contribution in [0.1, 0.15) is 71.1 Å². The molecule has 2 rings (SSSR count). The lowest BCUT2D eigenvalue weighted by molar-refractivity contribution is -0.0307. The summed E-state index contributed by atoms with van der Waals surface area (Å²) in [5.74, 6) is 0.740. The molecular weight excluding hydrogens is 278 g/mol. The lowest BCUT2D eigenvalue weighted by Crippen LogP contribution is -2.32. The number of allylic oxidation sites excluding steroid dienone is 1. The Kier molecular flexibility index (Phi) is 6.90. The third kappa shape index (κ3) is 5.40. The minimum atomic E-state index is -0.349. The molecule has 2 aliphatic carbocycles. The topological polar surface area (TPSA) is 62.1 Å². The zero-order valence-corrected chi connectivity index (χ0v) is 13.8. The van der Waals surface area contributed by atoms with E-state index in [9.17, 15) is 10.2 Å². The van der Waals surface area contributed by atoms with E-state index in [4.69, 9.17) is 4.74 Å². The van der Waals surface area contributed by atoms with Gasteiger partial charge >= 0.3 is 0 Å². The molecule has 4 atom stereocenters. The van der Waals surface area contributed by atoms with Crippen LogP contribution < -0.4 is 0 Å². The van der Waals surface area contributed by atoms with Gasteiger partial charge in [0, 0.05) is 12.1 Å². The van der Waals surface area contributed by atoms with Crippen LogP contribution in [-0.4, -0.2) is 40.3 Å². The SMILES string of the molecule is C=C(CC/C(C)=N/C1CCCCC1O)OC1CCCCC1O. The molecule has 0 heterocycles. The van der Waals surface area contributed by atoms with Gasteiger partial charge in [0.2, 0.25) is 0 Å². The fourth-order valence-corrected chi connectivity index (χ4v) is 3.40. The van der Waals surface area contributed by atoms with Gasteiger partial charge in [-0.05, 0) is 45.4 Å². The molecule has 0 saturated heterocycles. The second-order valence-corrected chi connectivity index (χ2v) is 6.83. The van der Waals surface area contributed by atoms with E-state index in [2.05, 4.69) is 11.6 Å². The molecule has 0 amide bonds. The highest BCUT2D eigenvalue weighted by atomic mass is 16.5. The van der Waals surface area contributed by atoms with Crippen LogP contribution >= 0.6 is 0 Å². The predicted molar refractivity (Wildman–Crippen MR) is 89.1 cm³/mol. The average molecular weight is 309 g/mol. The summed E-state index contributed by atoms with van der Waals surface area (Å²) in [6, 6.07) is 0.0723. The number of hydrogen-bond acceptors (Lipinski definition) is 4. The van der Waals surface area contributed by atoms with Gasteiger partial charge in [-0.3, -0.25) is 4.99 Å². The molecule has 2 N–H and O–H groups in total. The Morgan fingerprint density at radius 1 is 1.00 bits per heavy atom. The van der Waals surface area contributed by atoms with Gasteiger partial charge in [0.25, 0.3) is 0 Å². The fourth-order valence-electron chi connectivity index (χ4n) is 3.40.